The zero-order chi connectivity index (χ0) is 28.6. The lowest BCUT2D eigenvalue weighted by Crippen LogP contribution is -2.47. The predicted molar refractivity (Wildman–Crippen MR) is 153 cm³/mol. The van der Waals surface area contributed by atoms with E-state index in [0.717, 1.165) is 62.5 Å². The number of halogens is 3. The Balaban J connectivity index is 1.37. The van der Waals surface area contributed by atoms with Crippen LogP contribution in [0.2, 0.25) is 0 Å². The molecule has 1 fully saturated rings. The molecule has 39 heavy (non-hydrogen) atoms. The Morgan fingerprint density at radius 3 is 2.23 bits per heavy atom. The molecule has 2 aliphatic rings. The van der Waals surface area contributed by atoms with Crippen LogP contribution in [0.4, 0.5) is 18.9 Å². The van der Waals surface area contributed by atoms with Gasteiger partial charge >= 0.3 is 6.18 Å². The molecule has 0 bridgehead atoms. The Kier molecular flexibility index (Phi) is 11.3. The third kappa shape index (κ3) is 9.23. The number of piperidine rings is 1. The molecule has 2 aliphatic heterocycles. The average molecular weight is 569 g/mol. The van der Waals surface area contributed by atoms with Crippen LogP contribution in [0.15, 0.2) is 17.1 Å². The third-order valence-electron chi connectivity index (χ3n) is 7.87. The summed E-state index contributed by atoms with van der Waals surface area (Å²) in [7, 11) is 1.79. The van der Waals surface area contributed by atoms with Crippen molar-refractivity contribution in [2.45, 2.75) is 103 Å². The molecule has 3 rings (SSSR count). The molecule has 6 nitrogen and oxygen atoms in total. The van der Waals surface area contributed by atoms with Gasteiger partial charge in [0.15, 0.2) is 0 Å². The van der Waals surface area contributed by atoms with Crippen molar-refractivity contribution in [1.82, 2.24) is 9.62 Å². The molecule has 2 heterocycles. The SMILES string of the molecule is CC(=O)N(C)c1cc(C)c(CCSN2CCC3(CC2)N=C(CCCCCCCCC(F)(F)F)NC3=O)c(C)c1. The summed E-state index contributed by atoms with van der Waals surface area (Å²) < 4.78 is 38.9. The van der Waals surface area contributed by atoms with Crippen LogP contribution in [0.3, 0.4) is 0 Å². The Labute approximate surface area is 235 Å². The van der Waals surface area contributed by atoms with Gasteiger partial charge in [0, 0.05) is 51.3 Å². The molecule has 1 aromatic rings. The number of amidine groups is 1. The maximum absolute atomic E-state index is 12.8. The van der Waals surface area contributed by atoms with E-state index in [2.05, 4.69) is 35.6 Å². The van der Waals surface area contributed by atoms with Crippen molar-refractivity contribution in [2.24, 2.45) is 4.99 Å². The molecule has 0 atom stereocenters. The summed E-state index contributed by atoms with van der Waals surface area (Å²) in [6.07, 6.45) is 2.70. The number of carbonyl (C=O) groups is 2. The van der Waals surface area contributed by atoms with E-state index in [9.17, 15) is 22.8 Å². The minimum atomic E-state index is -4.05. The highest BCUT2D eigenvalue weighted by molar-refractivity contribution is 7.97. The predicted octanol–water partition coefficient (Wildman–Crippen LogP) is 6.52. The molecule has 10 heteroatoms. The van der Waals surface area contributed by atoms with Gasteiger partial charge in [-0.2, -0.15) is 13.2 Å². The van der Waals surface area contributed by atoms with Crippen LogP contribution >= 0.6 is 11.9 Å². The monoisotopic (exact) mass is 568 g/mol. The first-order valence-electron chi connectivity index (χ1n) is 14.1. The number of rotatable bonds is 13. The van der Waals surface area contributed by atoms with Gasteiger partial charge in [0.05, 0.1) is 0 Å². The van der Waals surface area contributed by atoms with Crippen LogP contribution in [0, 0.1) is 13.8 Å². The van der Waals surface area contributed by atoms with Crippen LogP contribution < -0.4 is 10.2 Å². The summed E-state index contributed by atoms with van der Waals surface area (Å²) in [6, 6.07) is 4.15. The molecule has 0 aliphatic carbocycles. The molecule has 1 spiro atoms. The van der Waals surface area contributed by atoms with Gasteiger partial charge in [0.2, 0.25) is 5.91 Å². The van der Waals surface area contributed by atoms with Gasteiger partial charge in [-0.25, -0.2) is 0 Å². The second-order valence-electron chi connectivity index (χ2n) is 10.9. The number of unbranched alkanes of at least 4 members (excludes halogenated alkanes) is 5. The molecule has 2 amide bonds. The van der Waals surface area contributed by atoms with E-state index >= 15 is 0 Å². The lowest BCUT2D eigenvalue weighted by Gasteiger charge is -2.34. The fourth-order valence-electron chi connectivity index (χ4n) is 5.37. The lowest BCUT2D eigenvalue weighted by molar-refractivity contribution is -0.135. The molecule has 218 valence electrons. The topological polar surface area (TPSA) is 65.0 Å². The van der Waals surface area contributed by atoms with Crippen LogP contribution in [0.5, 0.6) is 0 Å². The molecule has 0 saturated carbocycles. The van der Waals surface area contributed by atoms with Crippen molar-refractivity contribution >= 4 is 35.3 Å². The van der Waals surface area contributed by atoms with Gasteiger partial charge < -0.3 is 10.2 Å². The van der Waals surface area contributed by atoms with Crippen LogP contribution in [-0.4, -0.2) is 59.6 Å². The second kappa shape index (κ2) is 14.0. The summed E-state index contributed by atoms with van der Waals surface area (Å²) in [5, 5.41) is 2.99. The number of nitrogens with one attached hydrogen (secondary N) is 1. The van der Waals surface area contributed by atoms with Crippen LogP contribution in [-0.2, 0) is 16.0 Å². The highest BCUT2D eigenvalue weighted by Crippen LogP contribution is 2.33. The number of aryl methyl sites for hydroxylation is 2. The van der Waals surface area contributed by atoms with E-state index in [1.807, 2.05) is 11.9 Å². The maximum Gasteiger partial charge on any atom is 0.389 e. The number of hydrogen-bond donors (Lipinski definition) is 1. The fourth-order valence-corrected chi connectivity index (χ4v) is 6.36. The second-order valence-corrected chi connectivity index (χ2v) is 12.1. The van der Waals surface area contributed by atoms with E-state index in [1.54, 1.807) is 18.9 Å². The zero-order valence-corrected chi connectivity index (χ0v) is 24.6. The minimum absolute atomic E-state index is 0.0103. The van der Waals surface area contributed by atoms with E-state index in [-0.39, 0.29) is 18.2 Å². The highest BCUT2D eigenvalue weighted by atomic mass is 32.2. The summed E-state index contributed by atoms with van der Waals surface area (Å²) in [5.41, 5.74) is 3.99. The lowest BCUT2D eigenvalue weighted by atomic mass is 9.89. The molecule has 1 aromatic carbocycles. The minimum Gasteiger partial charge on any atom is -0.316 e. The Morgan fingerprint density at radius 2 is 1.64 bits per heavy atom. The number of anilines is 1. The first kappa shape index (κ1) is 31.5. The number of aliphatic imine (C=N–C) groups is 1. The number of hydrogen-bond acceptors (Lipinski definition) is 5. The standard InChI is InChI=1S/C29H43F3N4O2S/c1-21-19-24(35(4)23(3)37)20-22(2)25(21)12-18-39-36-16-14-28(15-17-36)27(38)33-26(34-28)11-9-7-5-6-8-10-13-29(30,31)32/h19-20H,5-18H2,1-4H3,(H,33,34,38). The molecule has 0 unspecified atom stereocenters. The van der Waals surface area contributed by atoms with Gasteiger partial charge in [-0.05, 0) is 74.8 Å². The van der Waals surface area contributed by atoms with Crippen LogP contribution in [0.25, 0.3) is 0 Å². The summed E-state index contributed by atoms with van der Waals surface area (Å²) in [5.74, 6) is 1.75. The quantitative estimate of drug-likeness (QED) is 0.217. The van der Waals surface area contributed by atoms with E-state index < -0.39 is 18.1 Å². The van der Waals surface area contributed by atoms with Gasteiger partial charge in [0.1, 0.15) is 11.4 Å². The molecular weight excluding hydrogens is 525 g/mol. The normalized spacial score (nSPS) is 17.4. The Hall–Kier alpha value is -2.07. The van der Waals surface area contributed by atoms with Crippen LogP contribution in [0.1, 0.15) is 87.8 Å². The van der Waals surface area contributed by atoms with Gasteiger partial charge in [0.25, 0.3) is 5.91 Å². The van der Waals surface area contributed by atoms with Crippen molar-refractivity contribution in [1.29, 1.82) is 0 Å². The van der Waals surface area contributed by atoms with Crippen molar-refractivity contribution < 1.29 is 22.8 Å². The van der Waals surface area contributed by atoms with Crippen molar-refractivity contribution in [3.63, 3.8) is 0 Å². The highest BCUT2D eigenvalue weighted by Gasteiger charge is 2.45. The van der Waals surface area contributed by atoms with Crippen molar-refractivity contribution in [3.05, 3.63) is 28.8 Å². The maximum atomic E-state index is 12.8. The number of nitrogens with zero attached hydrogens (tertiary/aromatic N) is 3. The first-order chi connectivity index (χ1) is 18.4. The van der Waals surface area contributed by atoms with Crippen molar-refractivity contribution in [2.75, 3.05) is 30.8 Å². The molecular formula is C29H43F3N4O2S. The van der Waals surface area contributed by atoms with E-state index in [1.165, 1.54) is 16.7 Å². The molecule has 1 saturated heterocycles. The van der Waals surface area contributed by atoms with E-state index in [4.69, 9.17) is 4.99 Å². The van der Waals surface area contributed by atoms with Gasteiger partial charge in [-0.1, -0.05) is 37.6 Å². The zero-order valence-electron chi connectivity index (χ0n) is 23.8. The largest absolute Gasteiger partial charge is 0.389 e. The number of carbonyl (C=O) groups excluding carboxylic acids is 2. The number of amides is 2. The first-order valence-corrected chi connectivity index (χ1v) is 15.0. The fraction of sp³-hybridized carbons (Fsp3) is 0.690. The van der Waals surface area contributed by atoms with Crippen molar-refractivity contribution in [3.8, 4) is 0 Å². The number of alkyl halides is 3. The smallest absolute Gasteiger partial charge is 0.316 e. The molecule has 1 N–H and O–H groups in total. The van der Waals surface area contributed by atoms with Gasteiger partial charge in [-0.3, -0.25) is 18.9 Å². The Morgan fingerprint density at radius 1 is 1.05 bits per heavy atom. The summed E-state index contributed by atoms with van der Waals surface area (Å²) in [4.78, 5) is 31.0. The Bertz CT molecular complexity index is 1010. The molecule has 0 aromatic heterocycles. The average Bonchev–Trinajstić information content (AvgIpc) is 3.16. The summed E-state index contributed by atoms with van der Waals surface area (Å²) >= 11 is 1.82. The third-order valence-corrected chi connectivity index (χ3v) is 8.99. The van der Waals surface area contributed by atoms with Gasteiger partial charge in [-0.15, -0.1) is 0 Å². The van der Waals surface area contributed by atoms with E-state index in [0.29, 0.717) is 25.7 Å². The molecule has 0 radical (unpaired) electrons. The summed E-state index contributed by atoms with van der Waals surface area (Å²) in [6.45, 7) is 7.39. The number of benzene rings is 1.